The van der Waals surface area contributed by atoms with Crippen LogP contribution in [0.25, 0.3) is 0 Å². The third kappa shape index (κ3) is 107. The molecule has 0 aromatic carbocycles. The van der Waals surface area contributed by atoms with Crippen LogP contribution in [0.15, 0.2) is 0 Å². The molecule has 4 heteroatoms. The van der Waals surface area contributed by atoms with Gasteiger partial charge in [-0.3, -0.25) is 0 Å². The van der Waals surface area contributed by atoms with Crippen molar-refractivity contribution in [3.05, 3.63) is 0 Å². The molecule has 0 spiro atoms. The zero-order chi connectivity index (χ0) is 15.4. The highest BCUT2D eigenvalue weighted by Gasteiger charge is 1.95. The third-order valence-electron chi connectivity index (χ3n) is 1.10. The zero-order valence-corrected chi connectivity index (χ0v) is 13.3. The quantitative estimate of drug-likeness (QED) is 0.821. The van der Waals surface area contributed by atoms with E-state index in [1.807, 2.05) is 27.7 Å². The van der Waals surface area contributed by atoms with Crippen molar-refractivity contribution in [2.75, 3.05) is 26.4 Å². The fourth-order valence-corrected chi connectivity index (χ4v) is 0.779. The highest BCUT2D eigenvalue weighted by atomic mass is 16.5. The van der Waals surface area contributed by atoms with Crippen LogP contribution < -0.4 is 0 Å². The number of carbonyl (C=O) groups is 1. The third-order valence-corrected chi connectivity index (χ3v) is 1.10. The lowest BCUT2D eigenvalue weighted by molar-refractivity contribution is -0.117. The molecule has 0 amide bonds. The molecule has 0 aliphatic heterocycles. The molecule has 0 radical (unpaired) electrons. The summed E-state index contributed by atoms with van der Waals surface area (Å²) >= 11 is 0. The Kier molecular flexibility index (Phi) is 43.6. The van der Waals surface area contributed by atoms with E-state index < -0.39 is 0 Å². The molecule has 0 unspecified atom stereocenters. The number of rotatable bonds is 4. The Bertz CT molecular complexity index is 121. The van der Waals surface area contributed by atoms with Gasteiger partial charge in [-0.15, -0.1) is 0 Å². The standard InChI is InChI=1S/C6H12O.C4H10O.2C2H6O/c1-5(2)4-6(3)7;1-3-5-4-2;2*1-2-3/h5H,4H2,1-3H3;3-4H2,1-2H3;2*3H,2H2,1H3. The van der Waals surface area contributed by atoms with Gasteiger partial charge in [-0.2, -0.15) is 0 Å². The minimum atomic E-state index is 0.250. The summed E-state index contributed by atoms with van der Waals surface area (Å²) in [5.41, 5.74) is 0. The number of carbonyl (C=O) groups excluding carboxylic acids is 1. The number of hydrogen-bond donors (Lipinski definition) is 2. The number of hydrogen-bond acceptors (Lipinski definition) is 4. The lowest BCUT2D eigenvalue weighted by atomic mass is 10.1. The molecular weight excluding hydrogens is 232 g/mol. The molecule has 0 heterocycles. The smallest absolute Gasteiger partial charge is 0.130 e. The second-order valence-electron chi connectivity index (χ2n) is 3.71. The largest absolute Gasteiger partial charge is 0.397 e. The van der Waals surface area contributed by atoms with Gasteiger partial charge < -0.3 is 19.7 Å². The maximum Gasteiger partial charge on any atom is 0.130 e. The maximum absolute atomic E-state index is 10.3. The van der Waals surface area contributed by atoms with Gasteiger partial charge in [-0.25, -0.2) is 0 Å². The lowest BCUT2D eigenvalue weighted by Gasteiger charge is -1.95. The van der Waals surface area contributed by atoms with Gasteiger partial charge in [0.1, 0.15) is 5.78 Å². The fraction of sp³-hybridized carbons (Fsp3) is 0.929. The number of aliphatic hydroxyl groups excluding tert-OH is 2. The maximum atomic E-state index is 10.3. The van der Waals surface area contributed by atoms with E-state index in [9.17, 15) is 4.79 Å². The average Bonchev–Trinajstić information content (AvgIpc) is 2.19. The summed E-state index contributed by atoms with van der Waals surface area (Å²) < 4.78 is 4.83. The molecule has 0 saturated heterocycles. The minimum absolute atomic E-state index is 0.250. The zero-order valence-electron chi connectivity index (χ0n) is 13.3. The molecule has 18 heavy (non-hydrogen) atoms. The van der Waals surface area contributed by atoms with Crippen LogP contribution in [-0.4, -0.2) is 42.4 Å². The van der Waals surface area contributed by atoms with Gasteiger partial charge in [0.15, 0.2) is 0 Å². The van der Waals surface area contributed by atoms with Crippen molar-refractivity contribution in [3.63, 3.8) is 0 Å². The Morgan fingerprint density at radius 3 is 1.28 bits per heavy atom. The predicted molar refractivity (Wildman–Crippen MR) is 77.8 cm³/mol. The van der Waals surface area contributed by atoms with Gasteiger partial charge in [0.2, 0.25) is 0 Å². The van der Waals surface area contributed by atoms with Crippen LogP contribution >= 0.6 is 0 Å². The van der Waals surface area contributed by atoms with Crippen LogP contribution in [0.4, 0.5) is 0 Å². The Morgan fingerprint density at radius 1 is 1.00 bits per heavy atom. The molecule has 0 rings (SSSR count). The summed E-state index contributed by atoms with van der Waals surface area (Å²) in [7, 11) is 0. The normalized spacial score (nSPS) is 8.11. The number of ketones is 1. The van der Waals surface area contributed by atoms with Crippen molar-refractivity contribution in [1.29, 1.82) is 0 Å². The first-order chi connectivity index (χ1) is 8.37. The predicted octanol–water partition coefficient (Wildman–Crippen LogP) is 2.66. The van der Waals surface area contributed by atoms with Crippen LogP contribution in [-0.2, 0) is 9.53 Å². The van der Waals surface area contributed by atoms with Gasteiger partial charge in [0.25, 0.3) is 0 Å². The fourth-order valence-electron chi connectivity index (χ4n) is 0.779. The molecule has 0 aliphatic rings. The summed E-state index contributed by atoms with van der Waals surface area (Å²) in [6.45, 7) is 15.2. The molecule has 0 aliphatic carbocycles. The highest BCUT2D eigenvalue weighted by molar-refractivity contribution is 5.75. The summed E-state index contributed by atoms with van der Waals surface area (Å²) in [5.74, 6) is 0.813. The van der Waals surface area contributed by atoms with Gasteiger partial charge >= 0.3 is 0 Å². The second-order valence-corrected chi connectivity index (χ2v) is 3.71. The van der Waals surface area contributed by atoms with Gasteiger partial charge in [-0.05, 0) is 40.5 Å². The molecule has 114 valence electrons. The summed E-state index contributed by atoms with van der Waals surface area (Å²) in [6, 6.07) is 0. The molecule has 0 bridgehead atoms. The van der Waals surface area contributed by atoms with Crippen molar-refractivity contribution in [3.8, 4) is 0 Å². The van der Waals surface area contributed by atoms with Crippen molar-refractivity contribution in [1.82, 2.24) is 0 Å². The van der Waals surface area contributed by atoms with Gasteiger partial charge in [0.05, 0.1) is 0 Å². The Hall–Kier alpha value is -0.450. The highest BCUT2D eigenvalue weighted by Crippen LogP contribution is 1.97. The first-order valence-corrected chi connectivity index (χ1v) is 6.66. The van der Waals surface area contributed by atoms with E-state index in [4.69, 9.17) is 14.9 Å². The number of Topliss-reactive ketones (excluding diaryl/α,β-unsaturated/α-hetero) is 1. The van der Waals surface area contributed by atoms with Crippen molar-refractivity contribution in [2.24, 2.45) is 5.92 Å². The van der Waals surface area contributed by atoms with Crippen LogP contribution in [0.2, 0.25) is 0 Å². The first-order valence-electron chi connectivity index (χ1n) is 6.66. The van der Waals surface area contributed by atoms with E-state index in [1.165, 1.54) is 0 Å². The molecule has 0 aromatic rings. The molecular formula is C14H34O4. The monoisotopic (exact) mass is 266 g/mol. The second kappa shape index (κ2) is 30.0. The Balaban J connectivity index is -0.0000000784. The van der Waals surface area contributed by atoms with E-state index >= 15 is 0 Å². The van der Waals surface area contributed by atoms with Crippen LogP contribution in [0.1, 0.15) is 54.9 Å². The minimum Gasteiger partial charge on any atom is -0.397 e. The van der Waals surface area contributed by atoms with Gasteiger partial charge in [-0.1, -0.05) is 13.8 Å². The molecule has 0 fully saturated rings. The SMILES string of the molecule is CC(=O)CC(C)C.CCO.CCO.CCOCC. The summed E-state index contributed by atoms with van der Waals surface area (Å²) in [6.07, 6.45) is 0.722. The van der Waals surface area contributed by atoms with E-state index in [0.29, 0.717) is 5.92 Å². The van der Waals surface area contributed by atoms with Crippen LogP contribution in [0, 0.1) is 5.92 Å². The van der Waals surface area contributed by atoms with E-state index in [-0.39, 0.29) is 19.0 Å². The topological polar surface area (TPSA) is 66.8 Å². The van der Waals surface area contributed by atoms with Crippen LogP contribution in [0.5, 0.6) is 0 Å². The van der Waals surface area contributed by atoms with E-state index in [0.717, 1.165) is 19.6 Å². The molecule has 0 saturated carbocycles. The number of ether oxygens (including phenoxy) is 1. The van der Waals surface area contributed by atoms with E-state index in [2.05, 4.69) is 0 Å². The Labute approximate surface area is 113 Å². The average molecular weight is 266 g/mol. The summed E-state index contributed by atoms with van der Waals surface area (Å²) in [4.78, 5) is 10.3. The molecule has 4 nitrogen and oxygen atoms in total. The van der Waals surface area contributed by atoms with Crippen molar-refractivity contribution in [2.45, 2.75) is 54.9 Å². The molecule has 0 aromatic heterocycles. The molecule has 2 N–H and O–H groups in total. The first kappa shape index (κ1) is 26.2. The molecule has 0 atom stereocenters. The number of aliphatic hydroxyl groups is 2. The lowest BCUT2D eigenvalue weighted by Crippen LogP contribution is -1.95. The Morgan fingerprint density at radius 2 is 1.28 bits per heavy atom. The van der Waals surface area contributed by atoms with Crippen molar-refractivity contribution < 1.29 is 19.7 Å². The summed E-state index contributed by atoms with van der Waals surface area (Å²) in [5, 5.41) is 15.1. The van der Waals surface area contributed by atoms with Crippen molar-refractivity contribution >= 4 is 5.78 Å². The van der Waals surface area contributed by atoms with Crippen LogP contribution in [0.3, 0.4) is 0 Å². The van der Waals surface area contributed by atoms with Gasteiger partial charge in [0, 0.05) is 32.8 Å². The van der Waals surface area contributed by atoms with E-state index in [1.54, 1.807) is 20.8 Å².